The lowest BCUT2D eigenvalue weighted by Crippen LogP contribution is -2.19. The van der Waals surface area contributed by atoms with Crippen molar-refractivity contribution in [1.82, 2.24) is 9.97 Å². The molecule has 1 saturated heterocycles. The molecule has 0 atom stereocenters. The smallest absolute Gasteiger partial charge is 0.134 e. The molecule has 138 valence electrons. The Hall–Kier alpha value is -2.88. The number of anilines is 2. The Bertz CT molecular complexity index is 790. The van der Waals surface area contributed by atoms with Crippen LogP contribution in [0.25, 0.3) is 0 Å². The Kier molecular flexibility index (Phi) is 5.63. The van der Waals surface area contributed by atoms with Gasteiger partial charge in [0.2, 0.25) is 0 Å². The van der Waals surface area contributed by atoms with Crippen molar-refractivity contribution in [3.8, 4) is 0 Å². The van der Waals surface area contributed by atoms with Crippen LogP contribution in [0.1, 0.15) is 36.3 Å². The zero-order valence-corrected chi connectivity index (χ0v) is 15.6. The van der Waals surface area contributed by atoms with Crippen LogP contribution < -0.4 is 10.2 Å². The van der Waals surface area contributed by atoms with Crippen LogP contribution in [-0.4, -0.2) is 29.6 Å². The number of rotatable bonds is 7. The van der Waals surface area contributed by atoms with Crippen molar-refractivity contribution in [2.75, 3.05) is 29.9 Å². The Morgan fingerprint density at radius 3 is 2.11 bits per heavy atom. The fourth-order valence-corrected chi connectivity index (χ4v) is 3.80. The van der Waals surface area contributed by atoms with Crippen LogP contribution in [0.4, 0.5) is 11.6 Å². The van der Waals surface area contributed by atoms with Crippen molar-refractivity contribution in [2.45, 2.75) is 25.2 Å². The number of benzene rings is 2. The second kappa shape index (κ2) is 8.67. The predicted octanol–water partition coefficient (Wildman–Crippen LogP) is 4.71. The first-order chi connectivity index (χ1) is 13.4. The number of hydrogen-bond acceptors (Lipinski definition) is 4. The molecule has 0 bridgehead atoms. The highest BCUT2D eigenvalue weighted by Gasteiger charge is 2.15. The van der Waals surface area contributed by atoms with Crippen LogP contribution in [0.15, 0.2) is 73.1 Å². The molecule has 2 aromatic carbocycles. The molecule has 4 rings (SSSR count). The lowest BCUT2D eigenvalue weighted by Gasteiger charge is -2.19. The third-order valence-corrected chi connectivity index (χ3v) is 5.23. The third kappa shape index (κ3) is 4.45. The number of nitrogens with one attached hydrogen (secondary N) is 1. The van der Waals surface area contributed by atoms with Gasteiger partial charge in [0.05, 0.1) is 0 Å². The van der Waals surface area contributed by atoms with Gasteiger partial charge in [0.1, 0.15) is 18.0 Å². The molecule has 4 nitrogen and oxygen atoms in total. The first kappa shape index (κ1) is 17.5. The van der Waals surface area contributed by atoms with Gasteiger partial charge in [0.15, 0.2) is 0 Å². The Morgan fingerprint density at radius 2 is 1.48 bits per heavy atom. The van der Waals surface area contributed by atoms with Crippen molar-refractivity contribution in [3.63, 3.8) is 0 Å². The van der Waals surface area contributed by atoms with Crippen molar-refractivity contribution in [1.29, 1.82) is 0 Å². The molecule has 0 radical (unpaired) electrons. The normalized spacial score (nSPS) is 13.9. The maximum absolute atomic E-state index is 4.43. The van der Waals surface area contributed by atoms with E-state index in [-0.39, 0.29) is 0 Å². The SMILES string of the molecule is c1ccc(C(CCNc2cc(N3CCCC3)ncn2)c2ccccc2)cc1. The summed E-state index contributed by atoms with van der Waals surface area (Å²) >= 11 is 0. The summed E-state index contributed by atoms with van der Waals surface area (Å²) in [4.78, 5) is 11.2. The lowest BCUT2D eigenvalue weighted by molar-refractivity contribution is 0.742. The van der Waals surface area contributed by atoms with Crippen LogP contribution in [0.3, 0.4) is 0 Å². The van der Waals surface area contributed by atoms with Crippen LogP contribution in [0.5, 0.6) is 0 Å². The molecule has 4 heteroatoms. The number of nitrogens with zero attached hydrogens (tertiary/aromatic N) is 3. The monoisotopic (exact) mass is 358 g/mol. The maximum Gasteiger partial charge on any atom is 0.134 e. The average molecular weight is 358 g/mol. The Morgan fingerprint density at radius 1 is 0.852 bits per heavy atom. The van der Waals surface area contributed by atoms with E-state index in [0.29, 0.717) is 5.92 Å². The van der Waals surface area contributed by atoms with Crippen molar-refractivity contribution in [3.05, 3.63) is 84.2 Å². The van der Waals surface area contributed by atoms with E-state index in [1.165, 1.54) is 24.0 Å². The maximum atomic E-state index is 4.43. The van der Waals surface area contributed by atoms with Gasteiger partial charge in [-0.1, -0.05) is 60.7 Å². The molecule has 0 spiro atoms. The molecule has 1 N–H and O–H groups in total. The standard InChI is InChI=1S/C23H26N4/c1-3-9-19(10-4-1)21(20-11-5-2-6-12-20)13-14-24-22-17-23(26-18-25-22)27-15-7-8-16-27/h1-6,9-12,17-18,21H,7-8,13-16H2,(H,24,25,26). The fourth-order valence-electron chi connectivity index (χ4n) is 3.80. The minimum absolute atomic E-state index is 0.375. The van der Waals surface area contributed by atoms with Gasteiger partial charge in [-0.15, -0.1) is 0 Å². The molecule has 1 aliphatic heterocycles. The minimum Gasteiger partial charge on any atom is -0.370 e. The summed E-state index contributed by atoms with van der Waals surface area (Å²) < 4.78 is 0. The van der Waals surface area contributed by atoms with Gasteiger partial charge in [0.25, 0.3) is 0 Å². The summed E-state index contributed by atoms with van der Waals surface area (Å²) in [5.74, 6) is 2.32. The zero-order valence-electron chi connectivity index (χ0n) is 15.6. The van der Waals surface area contributed by atoms with Gasteiger partial charge in [-0.2, -0.15) is 0 Å². The molecule has 2 heterocycles. The molecular formula is C23H26N4. The topological polar surface area (TPSA) is 41.0 Å². The van der Waals surface area contributed by atoms with E-state index in [9.17, 15) is 0 Å². The number of hydrogen-bond donors (Lipinski definition) is 1. The highest BCUT2D eigenvalue weighted by Crippen LogP contribution is 2.28. The van der Waals surface area contributed by atoms with E-state index in [1.807, 2.05) is 0 Å². The predicted molar refractivity (Wildman–Crippen MR) is 111 cm³/mol. The molecule has 3 aromatic rings. The average Bonchev–Trinajstić information content (AvgIpc) is 3.28. The number of aromatic nitrogens is 2. The Labute approximate surface area is 161 Å². The summed E-state index contributed by atoms with van der Waals surface area (Å²) in [5.41, 5.74) is 2.71. The van der Waals surface area contributed by atoms with Crippen molar-refractivity contribution >= 4 is 11.6 Å². The third-order valence-electron chi connectivity index (χ3n) is 5.23. The van der Waals surface area contributed by atoms with Crippen molar-refractivity contribution in [2.24, 2.45) is 0 Å². The van der Waals surface area contributed by atoms with E-state index in [4.69, 9.17) is 0 Å². The van der Waals surface area contributed by atoms with Gasteiger partial charge in [-0.25, -0.2) is 9.97 Å². The summed E-state index contributed by atoms with van der Waals surface area (Å²) in [7, 11) is 0. The largest absolute Gasteiger partial charge is 0.370 e. The second-order valence-electron chi connectivity index (χ2n) is 7.05. The quantitative estimate of drug-likeness (QED) is 0.664. The first-order valence-corrected chi connectivity index (χ1v) is 9.81. The molecule has 0 amide bonds. The van der Waals surface area contributed by atoms with E-state index >= 15 is 0 Å². The van der Waals surface area contributed by atoms with E-state index in [0.717, 1.165) is 37.7 Å². The Balaban J connectivity index is 1.43. The van der Waals surface area contributed by atoms with Crippen LogP contribution in [0.2, 0.25) is 0 Å². The second-order valence-corrected chi connectivity index (χ2v) is 7.05. The van der Waals surface area contributed by atoms with E-state index in [1.54, 1.807) is 6.33 Å². The van der Waals surface area contributed by atoms with Crippen LogP contribution in [-0.2, 0) is 0 Å². The minimum atomic E-state index is 0.375. The molecule has 1 fully saturated rings. The molecule has 0 saturated carbocycles. The summed E-state index contributed by atoms with van der Waals surface area (Å²) in [6, 6.07) is 23.6. The van der Waals surface area contributed by atoms with Crippen molar-refractivity contribution < 1.29 is 0 Å². The molecule has 1 aromatic heterocycles. The lowest BCUT2D eigenvalue weighted by atomic mass is 9.88. The van der Waals surface area contributed by atoms with Gasteiger partial charge in [0, 0.05) is 31.6 Å². The molecule has 0 unspecified atom stereocenters. The van der Waals surface area contributed by atoms with Gasteiger partial charge < -0.3 is 10.2 Å². The van der Waals surface area contributed by atoms with Gasteiger partial charge in [-0.05, 0) is 30.4 Å². The van der Waals surface area contributed by atoms with Gasteiger partial charge >= 0.3 is 0 Å². The molecule has 1 aliphatic rings. The summed E-state index contributed by atoms with van der Waals surface area (Å²) in [5, 5.41) is 3.50. The molecule has 27 heavy (non-hydrogen) atoms. The molecular weight excluding hydrogens is 332 g/mol. The summed E-state index contributed by atoms with van der Waals surface area (Å²) in [6.45, 7) is 3.06. The highest BCUT2D eigenvalue weighted by molar-refractivity contribution is 5.49. The first-order valence-electron chi connectivity index (χ1n) is 9.81. The van der Waals surface area contributed by atoms with Crippen LogP contribution >= 0.6 is 0 Å². The fraction of sp³-hybridized carbons (Fsp3) is 0.304. The highest BCUT2D eigenvalue weighted by atomic mass is 15.2. The van der Waals surface area contributed by atoms with E-state index in [2.05, 4.69) is 86.9 Å². The van der Waals surface area contributed by atoms with Crippen LogP contribution in [0, 0.1) is 0 Å². The molecule has 0 aliphatic carbocycles. The zero-order chi connectivity index (χ0) is 18.3. The van der Waals surface area contributed by atoms with E-state index < -0.39 is 0 Å². The summed E-state index contributed by atoms with van der Waals surface area (Å²) in [6.07, 6.45) is 5.18. The van der Waals surface area contributed by atoms with Gasteiger partial charge in [-0.3, -0.25) is 0 Å².